The van der Waals surface area contributed by atoms with Crippen LogP contribution in [0.25, 0.3) is 32.9 Å². The van der Waals surface area contributed by atoms with Gasteiger partial charge in [0.25, 0.3) is 17.7 Å². The summed E-state index contributed by atoms with van der Waals surface area (Å²) in [6.45, 7) is 9.50. The van der Waals surface area contributed by atoms with E-state index in [1.54, 1.807) is 17.9 Å². The van der Waals surface area contributed by atoms with Gasteiger partial charge in [0.15, 0.2) is 5.82 Å². The number of hydrogen-bond donors (Lipinski definition) is 3. The molecule has 7 heterocycles. The Morgan fingerprint density at radius 3 is 2.39 bits per heavy atom. The van der Waals surface area contributed by atoms with Gasteiger partial charge in [-0.05, 0) is 113 Å². The number of nitrogens with one attached hydrogen (secondary N) is 1. The van der Waals surface area contributed by atoms with Gasteiger partial charge in [0.2, 0.25) is 11.8 Å². The molecule has 1 unspecified atom stereocenters. The number of pyridine rings is 1. The van der Waals surface area contributed by atoms with Crippen molar-refractivity contribution < 1.29 is 47.7 Å². The summed E-state index contributed by atoms with van der Waals surface area (Å²) in [5.74, 6) is -1.00. The minimum absolute atomic E-state index is 0.00585. The molecule has 2 aromatic heterocycles. The molecule has 0 bridgehead atoms. The number of piperidine rings is 3. The number of carbonyl (C=O) groups is 5. The number of fused-ring (bicyclic) bond motifs is 3. The monoisotopic (exact) mass is 1010 g/mol. The maximum Gasteiger partial charge on any atom is 0.319 e. The molecule has 5 aromatic rings. The van der Waals surface area contributed by atoms with E-state index in [0.717, 1.165) is 76.3 Å². The van der Waals surface area contributed by atoms with E-state index < -0.39 is 46.9 Å². The number of β-amino-alcohol motifs (C(OH)–C–C–N with tert-alkyl or cyclic N) is 1. The summed E-state index contributed by atoms with van der Waals surface area (Å²) in [6, 6.07) is 8.83. The minimum Gasteiger partial charge on any atom is -0.508 e. The third-order valence-corrected chi connectivity index (χ3v) is 16.0. The van der Waals surface area contributed by atoms with Gasteiger partial charge >= 0.3 is 6.01 Å². The molecule has 17 nitrogen and oxygen atoms in total. The Labute approximate surface area is 425 Å². The first-order chi connectivity index (χ1) is 35.6. The number of amides is 5. The number of nitrogens with zero attached hydrogens (tertiary/aromatic N) is 8. The Morgan fingerprint density at radius 2 is 1.66 bits per heavy atom. The van der Waals surface area contributed by atoms with Gasteiger partial charge in [-0.3, -0.25) is 39.2 Å². The lowest BCUT2D eigenvalue weighted by atomic mass is 9.92. The zero-order valence-corrected chi connectivity index (χ0v) is 41.2. The Bertz CT molecular complexity index is 3200. The third-order valence-electron chi connectivity index (χ3n) is 16.0. The molecule has 11 rings (SSSR count). The zero-order valence-electron chi connectivity index (χ0n) is 41.2. The maximum atomic E-state index is 17.1. The molecule has 4 saturated heterocycles. The number of imide groups is 2. The maximum absolute atomic E-state index is 17.1. The van der Waals surface area contributed by atoms with E-state index in [4.69, 9.17) is 16.1 Å². The molecule has 19 heteroatoms. The number of halogens is 2. The lowest BCUT2D eigenvalue weighted by Crippen LogP contribution is -2.54. The van der Waals surface area contributed by atoms with E-state index >= 15 is 8.78 Å². The number of hydrogen-bond acceptors (Lipinski definition) is 14. The normalized spacial score (nSPS) is 22.6. The van der Waals surface area contributed by atoms with Crippen LogP contribution in [0.3, 0.4) is 0 Å². The second kappa shape index (κ2) is 19.3. The summed E-state index contributed by atoms with van der Waals surface area (Å²) < 4.78 is 38.5. The molecule has 5 aliphatic heterocycles. The van der Waals surface area contributed by atoms with Crippen LogP contribution in [0.2, 0.25) is 0 Å². The molecule has 6 aliphatic rings. The van der Waals surface area contributed by atoms with Gasteiger partial charge in [-0.1, -0.05) is 12.0 Å². The van der Waals surface area contributed by atoms with Crippen molar-refractivity contribution in [1.29, 1.82) is 0 Å². The number of aromatic nitrogens is 3. The standard InChI is InChI=1S/C55H57F2N9O8/c1-3-36-41(56)8-6-33-25-35(67)27-39(44(33)36)46-45(57)47-40(28-58-46)48(65-17-4-14-54(2,73)29-65)61-53(60-47)74-31-55(15-16-55)30-63-23-21-62(22-24-63)18-11-32-12-19-64(20-13-32)50(70)34-5-7-37-38(26-34)52(72)66(51(37)71)42-9-10-43(68)59-49(42)69/h1,5-8,25-28,32,42,67,73H,4,9-24,29-31H2,2H3,(H,59,68,69)/t42?,54-/m1/s1. The summed E-state index contributed by atoms with van der Waals surface area (Å²) >= 11 is 0. The van der Waals surface area contributed by atoms with Crippen molar-refractivity contribution in [3.63, 3.8) is 0 Å². The summed E-state index contributed by atoms with van der Waals surface area (Å²) in [5.41, 5.74) is -0.786. The van der Waals surface area contributed by atoms with Gasteiger partial charge in [-0.2, -0.15) is 9.97 Å². The van der Waals surface area contributed by atoms with Crippen LogP contribution in [0, 0.1) is 35.3 Å². The van der Waals surface area contributed by atoms with Gasteiger partial charge in [-0.15, -0.1) is 6.42 Å². The number of phenolic OH excluding ortho intramolecular Hbond substituents is 1. The SMILES string of the molecule is C#Cc1c(F)ccc2cc(O)cc(-c3ncc4c(N5CCC[C@@](C)(O)C5)nc(OCC5(CN6CCN(CCC7CCN(C(=O)c8ccc9c(c8)C(=O)N(C8CCC(=O)NC8=O)C9=O)CC7)CC6)CC5)nc4c3F)c12. The zero-order chi connectivity index (χ0) is 51.6. The van der Waals surface area contributed by atoms with Crippen LogP contribution in [-0.2, 0) is 9.59 Å². The topological polar surface area (TPSA) is 202 Å². The summed E-state index contributed by atoms with van der Waals surface area (Å²) in [7, 11) is 0. The number of anilines is 1. The molecule has 1 saturated carbocycles. The third kappa shape index (κ3) is 9.39. The van der Waals surface area contributed by atoms with Gasteiger partial charge < -0.3 is 34.5 Å². The first-order valence-corrected chi connectivity index (χ1v) is 25.6. The highest BCUT2D eigenvalue weighted by Crippen LogP contribution is 2.47. The lowest BCUT2D eigenvalue weighted by Gasteiger charge is -2.38. The highest BCUT2D eigenvalue weighted by atomic mass is 19.1. The number of aliphatic hydroxyl groups is 1. The van der Waals surface area contributed by atoms with Crippen molar-refractivity contribution >= 4 is 57.0 Å². The quantitative estimate of drug-likeness (QED) is 0.108. The molecule has 0 spiro atoms. The second-order valence-electron chi connectivity index (χ2n) is 21.3. The molecule has 3 aromatic carbocycles. The van der Waals surface area contributed by atoms with Crippen LogP contribution < -0.4 is 15.0 Å². The number of terminal acetylenes is 1. The highest BCUT2D eigenvalue weighted by Gasteiger charge is 2.47. The fourth-order valence-electron chi connectivity index (χ4n) is 11.6. The molecule has 0 radical (unpaired) electrons. The average molecular weight is 1010 g/mol. The molecule has 3 N–H and O–H groups in total. The predicted octanol–water partition coefficient (Wildman–Crippen LogP) is 5.28. The number of aromatic hydroxyl groups is 1. The molecule has 384 valence electrons. The van der Waals surface area contributed by atoms with Crippen LogP contribution in [0.1, 0.15) is 101 Å². The second-order valence-corrected chi connectivity index (χ2v) is 21.3. The first-order valence-electron chi connectivity index (χ1n) is 25.6. The van der Waals surface area contributed by atoms with E-state index in [-0.39, 0.29) is 81.3 Å². The molecule has 1 aliphatic carbocycles. The van der Waals surface area contributed by atoms with Crippen molar-refractivity contribution in [3.05, 3.63) is 82.5 Å². The fraction of sp³-hybridized carbons (Fsp3) is 0.455. The van der Waals surface area contributed by atoms with E-state index in [1.165, 1.54) is 42.6 Å². The van der Waals surface area contributed by atoms with Gasteiger partial charge in [0.05, 0.1) is 34.3 Å². The Morgan fingerprint density at radius 1 is 0.905 bits per heavy atom. The Kier molecular flexibility index (Phi) is 12.8. The number of likely N-dealkylation sites (tertiary alicyclic amines) is 1. The lowest BCUT2D eigenvalue weighted by molar-refractivity contribution is -0.136. The van der Waals surface area contributed by atoms with Crippen molar-refractivity contribution in [2.24, 2.45) is 11.3 Å². The average Bonchev–Trinajstić information content (AvgIpc) is 4.12. The number of ether oxygens (including phenoxy) is 1. The van der Waals surface area contributed by atoms with Crippen LogP contribution in [0.5, 0.6) is 11.8 Å². The van der Waals surface area contributed by atoms with Crippen LogP contribution >= 0.6 is 0 Å². The molecular weight excluding hydrogens is 953 g/mol. The minimum atomic E-state index is -1.07. The number of benzene rings is 3. The van der Waals surface area contributed by atoms with Gasteiger partial charge in [-0.25, -0.2) is 8.78 Å². The number of rotatable bonds is 12. The fourth-order valence-corrected chi connectivity index (χ4v) is 11.6. The van der Waals surface area contributed by atoms with Crippen molar-refractivity contribution in [1.82, 2.24) is 39.9 Å². The van der Waals surface area contributed by atoms with Gasteiger partial charge in [0.1, 0.15) is 34.6 Å². The molecule has 2 atom stereocenters. The molecule has 74 heavy (non-hydrogen) atoms. The highest BCUT2D eigenvalue weighted by molar-refractivity contribution is 6.24. The summed E-state index contributed by atoms with van der Waals surface area (Å²) in [5, 5.41) is 24.9. The smallest absolute Gasteiger partial charge is 0.319 e. The Hall–Kier alpha value is -7.14. The van der Waals surface area contributed by atoms with E-state index in [2.05, 4.69) is 31.0 Å². The van der Waals surface area contributed by atoms with Gasteiger partial charge in [0, 0.05) is 93.4 Å². The Balaban J connectivity index is 0.696. The molecule has 5 amide bonds. The van der Waals surface area contributed by atoms with Crippen LogP contribution in [-0.4, -0.2) is 158 Å². The van der Waals surface area contributed by atoms with E-state index in [1.807, 2.05) is 4.90 Å². The number of phenols is 1. The molecule has 5 fully saturated rings. The van der Waals surface area contributed by atoms with E-state index in [9.17, 15) is 34.2 Å². The van der Waals surface area contributed by atoms with Crippen molar-refractivity contribution in [2.45, 2.75) is 76.4 Å². The number of piperazine rings is 1. The largest absolute Gasteiger partial charge is 0.508 e. The van der Waals surface area contributed by atoms with Crippen LogP contribution in [0.15, 0.2) is 48.7 Å². The van der Waals surface area contributed by atoms with E-state index in [0.29, 0.717) is 67.2 Å². The van der Waals surface area contributed by atoms with Crippen LogP contribution in [0.4, 0.5) is 14.6 Å². The summed E-state index contributed by atoms with van der Waals surface area (Å²) in [4.78, 5) is 87.8. The first kappa shape index (κ1) is 49.1. The summed E-state index contributed by atoms with van der Waals surface area (Å²) in [6.07, 6.45) is 13.2. The van der Waals surface area contributed by atoms with Crippen molar-refractivity contribution in [3.8, 4) is 35.4 Å². The van der Waals surface area contributed by atoms with Crippen molar-refractivity contribution in [2.75, 3.05) is 77.0 Å². The molecular formula is C55H57F2N9O8. The predicted molar refractivity (Wildman–Crippen MR) is 268 cm³/mol. The number of carbonyl (C=O) groups excluding carboxylic acids is 5.